The Morgan fingerprint density at radius 1 is 1.40 bits per heavy atom. The molecule has 0 aromatic carbocycles. The highest BCUT2D eigenvalue weighted by atomic mass is 19.1. The first kappa shape index (κ1) is 17.8. The van der Waals surface area contributed by atoms with Crippen LogP contribution < -0.4 is 4.90 Å². The van der Waals surface area contributed by atoms with Gasteiger partial charge in [0.25, 0.3) is 0 Å². The maximum atomic E-state index is 14.6. The zero-order chi connectivity index (χ0) is 18.2. The molecular formula is C18H24FN3O3. The molecule has 2 aliphatic heterocycles. The lowest BCUT2D eigenvalue weighted by Gasteiger charge is -2.39. The van der Waals surface area contributed by atoms with Crippen LogP contribution in [0.25, 0.3) is 5.57 Å². The molecule has 0 unspecified atom stereocenters. The van der Waals surface area contributed by atoms with E-state index in [1.54, 1.807) is 20.8 Å². The second-order valence-corrected chi connectivity index (χ2v) is 7.47. The molecule has 2 aliphatic rings. The SMILES string of the molecule is CC(C)(C)N(C(=O)O)c1cncc(F)c1C1=CCN(C2COC2)CC1. The van der Waals surface area contributed by atoms with E-state index in [0.717, 1.165) is 31.5 Å². The van der Waals surface area contributed by atoms with Gasteiger partial charge >= 0.3 is 6.09 Å². The predicted octanol–water partition coefficient (Wildman–Crippen LogP) is 2.99. The minimum Gasteiger partial charge on any atom is -0.465 e. The summed E-state index contributed by atoms with van der Waals surface area (Å²) in [6, 6.07) is 0.435. The number of rotatable bonds is 3. The number of amides is 1. The summed E-state index contributed by atoms with van der Waals surface area (Å²) in [6.07, 6.45) is 4.12. The molecule has 1 N–H and O–H groups in total. The lowest BCUT2D eigenvalue weighted by Crippen LogP contribution is -2.50. The minimum atomic E-state index is -1.12. The van der Waals surface area contributed by atoms with Gasteiger partial charge in [0.1, 0.15) is 0 Å². The van der Waals surface area contributed by atoms with Crippen LogP contribution in [0.2, 0.25) is 0 Å². The van der Waals surface area contributed by atoms with Crippen LogP contribution in [0, 0.1) is 5.82 Å². The van der Waals surface area contributed by atoms with Crippen LogP contribution in [-0.4, -0.2) is 59.0 Å². The highest BCUT2D eigenvalue weighted by Crippen LogP contribution is 2.36. The molecule has 1 saturated heterocycles. The van der Waals surface area contributed by atoms with Crippen molar-refractivity contribution in [3.05, 3.63) is 29.9 Å². The monoisotopic (exact) mass is 349 g/mol. The quantitative estimate of drug-likeness (QED) is 0.909. The number of anilines is 1. The number of halogens is 1. The van der Waals surface area contributed by atoms with E-state index in [1.807, 2.05) is 6.08 Å². The van der Waals surface area contributed by atoms with E-state index in [-0.39, 0.29) is 0 Å². The highest BCUT2D eigenvalue weighted by molar-refractivity contribution is 5.92. The first-order valence-electron chi connectivity index (χ1n) is 8.47. The Labute approximate surface area is 146 Å². The highest BCUT2D eigenvalue weighted by Gasteiger charge is 2.33. The molecular weight excluding hydrogens is 325 g/mol. The molecule has 1 aromatic heterocycles. The van der Waals surface area contributed by atoms with Gasteiger partial charge in [-0.15, -0.1) is 0 Å². The van der Waals surface area contributed by atoms with Gasteiger partial charge in [-0.1, -0.05) is 6.08 Å². The smallest absolute Gasteiger partial charge is 0.412 e. The molecule has 6 nitrogen and oxygen atoms in total. The molecule has 3 rings (SSSR count). The second kappa shape index (κ2) is 6.72. The average Bonchev–Trinajstić information content (AvgIpc) is 2.45. The molecule has 0 radical (unpaired) electrons. The maximum Gasteiger partial charge on any atom is 0.412 e. The van der Waals surface area contributed by atoms with Crippen LogP contribution in [0.4, 0.5) is 14.9 Å². The van der Waals surface area contributed by atoms with Crippen LogP contribution >= 0.6 is 0 Å². The average molecular weight is 349 g/mol. The minimum absolute atomic E-state index is 0.298. The van der Waals surface area contributed by atoms with Gasteiger partial charge in [0.05, 0.1) is 37.3 Å². The lowest BCUT2D eigenvalue weighted by atomic mass is 9.95. The molecule has 0 atom stereocenters. The summed E-state index contributed by atoms with van der Waals surface area (Å²) in [6.45, 7) is 8.36. The lowest BCUT2D eigenvalue weighted by molar-refractivity contribution is -0.0612. The van der Waals surface area contributed by atoms with Crippen molar-refractivity contribution in [2.75, 3.05) is 31.2 Å². The van der Waals surface area contributed by atoms with Crippen LogP contribution in [0.3, 0.4) is 0 Å². The standard InChI is InChI=1S/C18H24FN3O3/c1-18(2,3)22(17(23)24)15-9-20-8-14(19)16(15)12-4-6-21(7-5-12)13-10-25-11-13/h4,8-9,13H,5-7,10-11H2,1-3H3,(H,23,24). The summed E-state index contributed by atoms with van der Waals surface area (Å²) >= 11 is 0. The molecule has 3 heterocycles. The van der Waals surface area contributed by atoms with Crippen molar-refractivity contribution >= 4 is 17.4 Å². The number of hydrogen-bond donors (Lipinski definition) is 1. The van der Waals surface area contributed by atoms with Crippen molar-refractivity contribution in [2.24, 2.45) is 0 Å². The summed E-state index contributed by atoms with van der Waals surface area (Å²) in [5, 5.41) is 9.66. The molecule has 1 fully saturated rings. The predicted molar refractivity (Wildman–Crippen MR) is 93.2 cm³/mol. The molecule has 136 valence electrons. The number of pyridine rings is 1. The first-order chi connectivity index (χ1) is 11.8. The van der Waals surface area contributed by atoms with E-state index in [1.165, 1.54) is 11.1 Å². The Bertz CT molecular complexity index is 695. The Hall–Kier alpha value is -1.99. The maximum absolute atomic E-state index is 14.6. The fourth-order valence-electron chi connectivity index (χ4n) is 3.34. The molecule has 0 spiro atoms. The van der Waals surface area contributed by atoms with E-state index in [4.69, 9.17) is 4.74 Å². The molecule has 0 saturated carbocycles. The third kappa shape index (κ3) is 3.52. The Morgan fingerprint density at radius 3 is 2.60 bits per heavy atom. The van der Waals surface area contributed by atoms with Crippen molar-refractivity contribution in [2.45, 2.75) is 38.8 Å². The van der Waals surface area contributed by atoms with Gasteiger partial charge in [0.2, 0.25) is 0 Å². The van der Waals surface area contributed by atoms with E-state index in [2.05, 4.69) is 9.88 Å². The first-order valence-corrected chi connectivity index (χ1v) is 8.47. The summed E-state index contributed by atoms with van der Waals surface area (Å²) in [4.78, 5) is 19.2. The van der Waals surface area contributed by atoms with Gasteiger partial charge in [-0.05, 0) is 32.8 Å². The van der Waals surface area contributed by atoms with Crippen LogP contribution in [0.15, 0.2) is 18.5 Å². The molecule has 1 amide bonds. The normalized spacial score (nSPS) is 19.3. The van der Waals surface area contributed by atoms with Crippen LogP contribution in [0.5, 0.6) is 0 Å². The third-order valence-electron chi connectivity index (χ3n) is 4.68. The largest absolute Gasteiger partial charge is 0.465 e. The topological polar surface area (TPSA) is 65.9 Å². The van der Waals surface area contributed by atoms with Crippen LogP contribution in [0.1, 0.15) is 32.8 Å². The number of aromatic nitrogens is 1. The van der Waals surface area contributed by atoms with Crippen molar-refractivity contribution in [1.29, 1.82) is 0 Å². The van der Waals surface area contributed by atoms with E-state index in [9.17, 15) is 14.3 Å². The number of hydrogen-bond acceptors (Lipinski definition) is 4. The molecule has 1 aromatic rings. The van der Waals surface area contributed by atoms with Gasteiger partial charge in [-0.25, -0.2) is 9.18 Å². The van der Waals surface area contributed by atoms with Gasteiger partial charge in [0, 0.05) is 24.2 Å². The Morgan fingerprint density at radius 2 is 2.12 bits per heavy atom. The van der Waals surface area contributed by atoms with Crippen molar-refractivity contribution < 1.29 is 19.0 Å². The van der Waals surface area contributed by atoms with Gasteiger partial charge in [0.15, 0.2) is 5.82 Å². The number of carboxylic acid groups (broad SMARTS) is 1. The van der Waals surface area contributed by atoms with Gasteiger partial charge < -0.3 is 9.84 Å². The number of carbonyl (C=O) groups is 1. The fraction of sp³-hybridized carbons (Fsp3) is 0.556. The summed E-state index contributed by atoms with van der Waals surface area (Å²) in [5.41, 5.74) is 0.769. The third-order valence-corrected chi connectivity index (χ3v) is 4.68. The van der Waals surface area contributed by atoms with E-state index < -0.39 is 17.4 Å². The molecule has 25 heavy (non-hydrogen) atoms. The summed E-state index contributed by atoms with van der Waals surface area (Å²) in [7, 11) is 0. The zero-order valence-electron chi connectivity index (χ0n) is 14.8. The van der Waals surface area contributed by atoms with Crippen LogP contribution in [-0.2, 0) is 4.74 Å². The van der Waals surface area contributed by atoms with Gasteiger partial charge in [-0.2, -0.15) is 0 Å². The second-order valence-electron chi connectivity index (χ2n) is 7.47. The Balaban J connectivity index is 1.96. The van der Waals surface area contributed by atoms with E-state index in [0.29, 0.717) is 30.3 Å². The van der Waals surface area contributed by atoms with Gasteiger partial charge in [-0.3, -0.25) is 14.8 Å². The molecule has 0 bridgehead atoms. The Kier molecular flexibility index (Phi) is 4.79. The zero-order valence-corrected chi connectivity index (χ0v) is 14.8. The number of ether oxygens (including phenoxy) is 1. The van der Waals surface area contributed by atoms with Crippen molar-refractivity contribution in [3.8, 4) is 0 Å². The van der Waals surface area contributed by atoms with E-state index >= 15 is 0 Å². The van der Waals surface area contributed by atoms with Crippen molar-refractivity contribution in [3.63, 3.8) is 0 Å². The fourth-order valence-corrected chi connectivity index (χ4v) is 3.34. The summed E-state index contributed by atoms with van der Waals surface area (Å²) < 4.78 is 19.9. The summed E-state index contributed by atoms with van der Waals surface area (Å²) in [5.74, 6) is -0.486. The molecule has 7 heteroatoms. The molecule has 0 aliphatic carbocycles. The van der Waals surface area contributed by atoms with Crippen molar-refractivity contribution in [1.82, 2.24) is 9.88 Å². The number of nitrogens with zero attached hydrogens (tertiary/aromatic N) is 3.